The van der Waals surface area contributed by atoms with Gasteiger partial charge in [0.15, 0.2) is 0 Å². The first-order valence-corrected chi connectivity index (χ1v) is 8.45. The van der Waals surface area contributed by atoms with Crippen molar-refractivity contribution in [1.29, 1.82) is 0 Å². The standard InChI is InChI=1S/C14H22N2O3S/c1-19-14-7-4-8-16(10-14)20(17,18)11-13-6-3-2-5-12(13)9-15/h2-3,5-6,14H,4,7-11,15H2,1H3. The molecule has 112 valence electrons. The highest BCUT2D eigenvalue weighted by Gasteiger charge is 2.29. The summed E-state index contributed by atoms with van der Waals surface area (Å²) in [4.78, 5) is 0. The van der Waals surface area contributed by atoms with Gasteiger partial charge in [-0.2, -0.15) is 4.31 Å². The van der Waals surface area contributed by atoms with E-state index in [1.807, 2.05) is 24.3 Å². The highest BCUT2D eigenvalue weighted by atomic mass is 32.2. The van der Waals surface area contributed by atoms with Crippen LogP contribution in [0.15, 0.2) is 24.3 Å². The Morgan fingerprint density at radius 2 is 2.05 bits per heavy atom. The van der Waals surface area contributed by atoms with E-state index in [-0.39, 0.29) is 11.9 Å². The number of piperidine rings is 1. The quantitative estimate of drug-likeness (QED) is 0.883. The number of nitrogens with two attached hydrogens (primary N) is 1. The van der Waals surface area contributed by atoms with Gasteiger partial charge in [-0.05, 0) is 24.0 Å². The van der Waals surface area contributed by atoms with E-state index in [2.05, 4.69) is 0 Å². The molecule has 0 amide bonds. The number of sulfonamides is 1. The van der Waals surface area contributed by atoms with Gasteiger partial charge in [0.25, 0.3) is 0 Å². The molecule has 1 aromatic carbocycles. The van der Waals surface area contributed by atoms with E-state index in [9.17, 15) is 8.42 Å². The van der Waals surface area contributed by atoms with Crippen molar-refractivity contribution < 1.29 is 13.2 Å². The first-order valence-electron chi connectivity index (χ1n) is 6.84. The zero-order chi connectivity index (χ0) is 14.6. The third kappa shape index (κ3) is 3.58. The monoisotopic (exact) mass is 298 g/mol. The molecule has 0 radical (unpaired) electrons. The molecule has 1 atom stereocenters. The van der Waals surface area contributed by atoms with E-state index in [0.717, 1.165) is 24.0 Å². The largest absolute Gasteiger partial charge is 0.380 e. The van der Waals surface area contributed by atoms with Crippen LogP contribution in [0.2, 0.25) is 0 Å². The van der Waals surface area contributed by atoms with Crippen LogP contribution < -0.4 is 5.73 Å². The Morgan fingerprint density at radius 3 is 2.70 bits per heavy atom. The molecule has 0 aliphatic carbocycles. The Balaban J connectivity index is 2.14. The smallest absolute Gasteiger partial charge is 0.218 e. The van der Waals surface area contributed by atoms with Gasteiger partial charge in [0.2, 0.25) is 10.0 Å². The Labute approximate surface area is 120 Å². The minimum atomic E-state index is -3.31. The van der Waals surface area contributed by atoms with Crippen molar-refractivity contribution in [2.24, 2.45) is 5.73 Å². The van der Waals surface area contributed by atoms with Crippen molar-refractivity contribution in [3.8, 4) is 0 Å². The molecule has 1 unspecified atom stereocenters. The van der Waals surface area contributed by atoms with Crippen molar-refractivity contribution in [2.45, 2.75) is 31.2 Å². The van der Waals surface area contributed by atoms with Gasteiger partial charge in [-0.3, -0.25) is 0 Å². The second kappa shape index (κ2) is 6.67. The van der Waals surface area contributed by atoms with Crippen LogP contribution >= 0.6 is 0 Å². The molecule has 0 saturated carbocycles. The maximum Gasteiger partial charge on any atom is 0.218 e. The van der Waals surface area contributed by atoms with Crippen LogP contribution in [-0.2, 0) is 27.1 Å². The predicted octanol–water partition coefficient (Wildman–Crippen LogP) is 1.09. The minimum absolute atomic E-state index is 0.00303. The summed E-state index contributed by atoms with van der Waals surface area (Å²) in [5, 5.41) is 0. The van der Waals surface area contributed by atoms with Crippen LogP contribution in [0.25, 0.3) is 0 Å². The van der Waals surface area contributed by atoms with Gasteiger partial charge in [-0.15, -0.1) is 0 Å². The summed E-state index contributed by atoms with van der Waals surface area (Å²) in [5.74, 6) is 0.0107. The average Bonchev–Trinajstić information content (AvgIpc) is 2.47. The third-order valence-corrected chi connectivity index (χ3v) is 5.54. The molecule has 0 bridgehead atoms. The Bertz CT molecular complexity index is 545. The number of ether oxygens (including phenoxy) is 1. The van der Waals surface area contributed by atoms with E-state index in [1.165, 1.54) is 4.31 Å². The summed E-state index contributed by atoms with van der Waals surface area (Å²) in [7, 11) is -1.68. The van der Waals surface area contributed by atoms with E-state index in [1.54, 1.807) is 7.11 Å². The Hall–Kier alpha value is -0.950. The lowest BCUT2D eigenvalue weighted by Crippen LogP contribution is -2.43. The van der Waals surface area contributed by atoms with E-state index in [4.69, 9.17) is 10.5 Å². The number of nitrogens with zero attached hydrogens (tertiary/aromatic N) is 1. The SMILES string of the molecule is COC1CCCN(S(=O)(=O)Cc2ccccc2CN)C1. The number of benzene rings is 1. The van der Waals surface area contributed by atoms with Crippen LogP contribution in [0.1, 0.15) is 24.0 Å². The lowest BCUT2D eigenvalue weighted by atomic mass is 10.1. The van der Waals surface area contributed by atoms with Gasteiger partial charge in [-0.25, -0.2) is 8.42 Å². The summed E-state index contributed by atoms with van der Waals surface area (Å²) in [6.07, 6.45) is 1.77. The topological polar surface area (TPSA) is 72.6 Å². The van der Waals surface area contributed by atoms with E-state index < -0.39 is 10.0 Å². The van der Waals surface area contributed by atoms with Crippen molar-refractivity contribution in [3.05, 3.63) is 35.4 Å². The predicted molar refractivity (Wildman–Crippen MR) is 78.6 cm³/mol. The van der Waals surface area contributed by atoms with Gasteiger partial charge in [0.05, 0.1) is 11.9 Å². The molecule has 1 aliphatic rings. The average molecular weight is 298 g/mol. The van der Waals surface area contributed by atoms with Gasteiger partial charge in [-0.1, -0.05) is 24.3 Å². The molecule has 2 N–H and O–H groups in total. The normalized spacial score (nSPS) is 21.0. The van der Waals surface area contributed by atoms with Crippen LogP contribution in [-0.4, -0.2) is 39.0 Å². The number of rotatable bonds is 5. The minimum Gasteiger partial charge on any atom is -0.380 e. The first kappa shape index (κ1) is 15.4. The fourth-order valence-corrected chi connectivity index (χ4v) is 4.19. The fraction of sp³-hybridized carbons (Fsp3) is 0.571. The second-order valence-corrected chi connectivity index (χ2v) is 7.06. The molecule has 0 spiro atoms. The summed E-state index contributed by atoms with van der Waals surface area (Å²) in [6, 6.07) is 7.43. The number of hydrogen-bond acceptors (Lipinski definition) is 4. The molecule has 20 heavy (non-hydrogen) atoms. The molecule has 2 rings (SSSR count). The maximum atomic E-state index is 12.5. The van der Waals surface area contributed by atoms with E-state index in [0.29, 0.717) is 19.6 Å². The second-order valence-electron chi connectivity index (χ2n) is 5.09. The highest BCUT2D eigenvalue weighted by molar-refractivity contribution is 7.88. The van der Waals surface area contributed by atoms with E-state index >= 15 is 0 Å². The van der Waals surface area contributed by atoms with Gasteiger partial charge >= 0.3 is 0 Å². The number of hydrogen-bond donors (Lipinski definition) is 1. The van der Waals surface area contributed by atoms with Crippen LogP contribution in [0.5, 0.6) is 0 Å². The number of methoxy groups -OCH3 is 1. The summed E-state index contributed by atoms with van der Waals surface area (Å²) in [6.45, 7) is 1.38. The Kier molecular flexibility index (Phi) is 5.15. The molecule has 1 saturated heterocycles. The lowest BCUT2D eigenvalue weighted by molar-refractivity contribution is 0.0571. The van der Waals surface area contributed by atoms with Crippen molar-refractivity contribution in [1.82, 2.24) is 4.31 Å². The third-order valence-electron chi connectivity index (χ3n) is 3.74. The van der Waals surface area contributed by atoms with Crippen LogP contribution in [0, 0.1) is 0 Å². The molecule has 1 fully saturated rings. The van der Waals surface area contributed by atoms with Crippen molar-refractivity contribution in [3.63, 3.8) is 0 Å². The summed E-state index contributed by atoms with van der Waals surface area (Å²) < 4.78 is 31.9. The van der Waals surface area contributed by atoms with Gasteiger partial charge < -0.3 is 10.5 Å². The van der Waals surface area contributed by atoms with Crippen molar-refractivity contribution >= 4 is 10.0 Å². The summed E-state index contributed by atoms with van der Waals surface area (Å²) in [5.41, 5.74) is 7.34. The Morgan fingerprint density at radius 1 is 1.35 bits per heavy atom. The van der Waals surface area contributed by atoms with Gasteiger partial charge in [0, 0.05) is 26.7 Å². The molecule has 0 aromatic heterocycles. The lowest BCUT2D eigenvalue weighted by Gasteiger charge is -2.31. The zero-order valence-electron chi connectivity index (χ0n) is 11.8. The summed E-state index contributed by atoms with van der Waals surface area (Å²) >= 11 is 0. The first-order chi connectivity index (χ1) is 9.56. The molecule has 6 heteroatoms. The fourth-order valence-electron chi connectivity index (χ4n) is 2.54. The molecular formula is C14H22N2O3S. The van der Waals surface area contributed by atoms with Crippen LogP contribution in [0.3, 0.4) is 0 Å². The molecular weight excluding hydrogens is 276 g/mol. The molecule has 5 nitrogen and oxygen atoms in total. The molecule has 1 aliphatic heterocycles. The maximum absolute atomic E-state index is 12.5. The van der Waals surface area contributed by atoms with Crippen LogP contribution in [0.4, 0.5) is 0 Å². The van der Waals surface area contributed by atoms with Gasteiger partial charge in [0.1, 0.15) is 0 Å². The molecule has 1 heterocycles. The van der Waals surface area contributed by atoms with Crippen molar-refractivity contribution in [2.75, 3.05) is 20.2 Å². The zero-order valence-corrected chi connectivity index (χ0v) is 12.6. The highest BCUT2D eigenvalue weighted by Crippen LogP contribution is 2.20. The molecule has 1 aromatic rings.